The smallest absolute Gasteiger partial charge is 0.236 e. The van der Waals surface area contributed by atoms with Crippen LogP contribution in [0.2, 0.25) is 0 Å². The summed E-state index contributed by atoms with van der Waals surface area (Å²) in [6, 6.07) is 8.52. The number of aryl methyl sites for hydroxylation is 2. The van der Waals surface area contributed by atoms with E-state index in [0.717, 1.165) is 29.1 Å². The summed E-state index contributed by atoms with van der Waals surface area (Å²) in [4.78, 5) is 17.2. The number of ether oxygens (including phenoxy) is 1. The summed E-state index contributed by atoms with van der Waals surface area (Å²) in [7, 11) is -2.16. The van der Waals surface area contributed by atoms with Gasteiger partial charge >= 0.3 is 0 Å². The lowest BCUT2D eigenvalue weighted by atomic mass is 9.80. The highest BCUT2D eigenvalue weighted by Crippen LogP contribution is 2.38. The molecule has 0 unspecified atom stereocenters. The fraction of sp³-hybridized carbons (Fsp3) is 0.348. The Morgan fingerprint density at radius 3 is 2.53 bits per heavy atom. The third-order valence-electron chi connectivity index (χ3n) is 5.91. The van der Waals surface area contributed by atoms with Crippen LogP contribution in [0.15, 0.2) is 53.7 Å². The van der Waals surface area contributed by atoms with Crippen molar-refractivity contribution in [1.82, 2.24) is 14.8 Å². The minimum absolute atomic E-state index is 0.0519. The van der Waals surface area contributed by atoms with Gasteiger partial charge in [-0.1, -0.05) is 0 Å². The van der Waals surface area contributed by atoms with Crippen molar-refractivity contribution >= 4 is 15.6 Å². The molecule has 0 radical (unpaired) electrons. The number of pyridine rings is 1. The molecule has 9 heteroatoms. The molecule has 0 spiro atoms. The molecule has 2 aromatic heterocycles. The average molecular weight is 458 g/mol. The second-order valence-electron chi connectivity index (χ2n) is 7.95. The number of carbonyl (C=O) groups excluding carboxylic acids is 1. The minimum atomic E-state index is -3.68. The minimum Gasteiger partial charge on any atom is -0.480 e. The third-order valence-corrected chi connectivity index (χ3v) is 8.20. The van der Waals surface area contributed by atoms with Crippen LogP contribution in [0.4, 0.5) is 4.39 Å². The van der Waals surface area contributed by atoms with Crippen LogP contribution in [0.5, 0.6) is 5.88 Å². The zero-order valence-electron chi connectivity index (χ0n) is 17.9. The van der Waals surface area contributed by atoms with Gasteiger partial charge < -0.3 is 4.74 Å². The Balaban J connectivity index is 1.44. The molecule has 2 atom stereocenters. The highest BCUT2D eigenvalue weighted by atomic mass is 32.2. The van der Waals surface area contributed by atoms with Gasteiger partial charge in [0.05, 0.1) is 29.1 Å². The number of rotatable bonds is 8. The van der Waals surface area contributed by atoms with Crippen LogP contribution < -0.4 is 4.74 Å². The standard InChI is InChI=1S/C23H24FN3O4S/c1-15-3-7-18(13-25-15)27-14-16(23(26-27)31-2)4-11-21(28)20-10-12-22(20)32(29,30)19-8-5-17(24)6-9-19/h3,5-9,13-14,20,22H,4,10-12H2,1-2H3/t20-,22-/m0/s1. The van der Waals surface area contributed by atoms with Crippen LogP contribution in [0.1, 0.15) is 30.5 Å². The number of halogens is 1. The lowest BCUT2D eigenvalue weighted by molar-refractivity contribution is -0.124. The van der Waals surface area contributed by atoms with Gasteiger partial charge in [-0.25, -0.2) is 17.5 Å². The molecule has 168 valence electrons. The topological polar surface area (TPSA) is 91.2 Å². The molecule has 1 aromatic carbocycles. The Kier molecular flexibility index (Phi) is 6.10. The number of hydrogen-bond acceptors (Lipinski definition) is 6. The molecule has 7 nitrogen and oxygen atoms in total. The number of ketones is 1. The largest absolute Gasteiger partial charge is 0.480 e. The van der Waals surface area contributed by atoms with Crippen molar-refractivity contribution in [2.24, 2.45) is 5.92 Å². The summed E-state index contributed by atoms with van der Waals surface area (Å²) in [6.07, 6.45) is 5.05. The highest BCUT2D eigenvalue weighted by molar-refractivity contribution is 7.92. The van der Waals surface area contributed by atoms with E-state index in [-0.39, 0.29) is 17.1 Å². The van der Waals surface area contributed by atoms with Crippen molar-refractivity contribution in [3.8, 4) is 11.6 Å². The zero-order valence-corrected chi connectivity index (χ0v) is 18.7. The van der Waals surface area contributed by atoms with E-state index < -0.39 is 26.8 Å². The maximum atomic E-state index is 13.2. The van der Waals surface area contributed by atoms with E-state index in [1.54, 1.807) is 17.1 Å². The molecule has 0 bridgehead atoms. The van der Waals surface area contributed by atoms with E-state index in [1.165, 1.54) is 19.2 Å². The highest BCUT2D eigenvalue weighted by Gasteiger charge is 2.45. The van der Waals surface area contributed by atoms with Crippen molar-refractivity contribution in [2.75, 3.05) is 7.11 Å². The Morgan fingerprint density at radius 1 is 1.19 bits per heavy atom. The summed E-state index contributed by atoms with van der Waals surface area (Å²) in [5.41, 5.74) is 2.43. The zero-order chi connectivity index (χ0) is 22.9. The molecule has 1 saturated carbocycles. The second-order valence-corrected chi connectivity index (χ2v) is 10.1. The monoisotopic (exact) mass is 457 g/mol. The molecular weight excluding hydrogens is 433 g/mol. The van der Waals surface area contributed by atoms with Crippen LogP contribution >= 0.6 is 0 Å². The molecule has 1 fully saturated rings. The maximum Gasteiger partial charge on any atom is 0.236 e. The van der Waals surface area contributed by atoms with Gasteiger partial charge in [-0.3, -0.25) is 9.78 Å². The molecule has 4 rings (SSSR count). The number of benzene rings is 1. The number of methoxy groups -OCH3 is 1. The summed E-state index contributed by atoms with van der Waals surface area (Å²) < 4.78 is 45.9. The lowest BCUT2D eigenvalue weighted by Gasteiger charge is -2.35. The Bertz CT molecular complexity index is 1220. The summed E-state index contributed by atoms with van der Waals surface area (Å²) in [5.74, 6) is -0.727. The van der Waals surface area contributed by atoms with Crippen molar-refractivity contribution in [2.45, 2.75) is 42.8 Å². The fourth-order valence-electron chi connectivity index (χ4n) is 3.92. The number of hydrogen-bond donors (Lipinski definition) is 0. The van der Waals surface area contributed by atoms with E-state index in [4.69, 9.17) is 4.74 Å². The van der Waals surface area contributed by atoms with Crippen LogP contribution in [0.25, 0.3) is 5.69 Å². The summed E-state index contributed by atoms with van der Waals surface area (Å²) in [6.45, 7) is 1.90. The van der Waals surface area contributed by atoms with Gasteiger partial charge in [-0.2, -0.15) is 0 Å². The molecule has 2 heterocycles. The molecule has 0 amide bonds. The van der Waals surface area contributed by atoms with Gasteiger partial charge in [0.2, 0.25) is 5.88 Å². The predicted octanol–water partition coefficient (Wildman–Crippen LogP) is 3.48. The van der Waals surface area contributed by atoms with Crippen LogP contribution in [0, 0.1) is 18.7 Å². The van der Waals surface area contributed by atoms with E-state index in [0.29, 0.717) is 25.1 Å². The quantitative estimate of drug-likeness (QED) is 0.481. The van der Waals surface area contributed by atoms with Crippen molar-refractivity contribution in [3.05, 3.63) is 65.9 Å². The molecule has 0 aliphatic heterocycles. The fourth-order valence-corrected chi connectivity index (χ4v) is 5.95. The van der Waals surface area contributed by atoms with Crippen LogP contribution in [0.3, 0.4) is 0 Å². The van der Waals surface area contributed by atoms with Crippen molar-refractivity contribution in [1.29, 1.82) is 0 Å². The third kappa shape index (κ3) is 4.29. The first-order valence-electron chi connectivity index (χ1n) is 10.4. The first kappa shape index (κ1) is 22.1. The molecule has 32 heavy (non-hydrogen) atoms. The van der Waals surface area contributed by atoms with Crippen molar-refractivity contribution in [3.63, 3.8) is 0 Å². The number of nitrogens with zero attached hydrogens (tertiary/aromatic N) is 3. The van der Waals surface area contributed by atoms with Crippen LogP contribution in [-0.4, -0.2) is 41.3 Å². The van der Waals surface area contributed by atoms with Gasteiger partial charge in [0.1, 0.15) is 11.6 Å². The average Bonchev–Trinajstić information content (AvgIpc) is 3.15. The SMILES string of the molecule is COc1nn(-c2ccc(C)nc2)cc1CCC(=O)[C@@H]1CC[C@@H]1S(=O)(=O)c1ccc(F)cc1. The van der Waals surface area contributed by atoms with Gasteiger partial charge in [0.25, 0.3) is 0 Å². The molecule has 3 aromatic rings. The first-order valence-corrected chi connectivity index (χ1v) is 11.9. The van der Waals surface area contributed by atoms with E-state index in [9.17, 15) is 17.6 Å². The Hall–Kier alpha value is -3.07. The van der Waals surface area contributed by atoms with E-state index in [2.05, 4.69) is 10.1 Å². The van der Waals surface area contributed by atoms with Gasteiger partial charge in [0.15, 0.2) is 9.84 Å². The molecular formula is C23H24FN3O4S. The van der Waals surface area contributed by atoms with Crippen LogP contribution in [-0.2, 0) is 21.1 Å². The summed E-state index contributed by atoms with van der Waals surface area (Å²) >= 11 is 0. The van der Waals surface area contributed by atoms with Gasteiger partial charge in [0, 0.05) is 29.8 Å². The van der Waals surface area contributed by atoms with Gasteiger partial charge in [-0.05, 0) is 62.6 Å². The number of carbonyl (C=O) groups is 1. The molecule has 0 saturated heterocycles. The Morgan fingerprint density at radius 2 is 1.94 bits per heavy atom. The van der Waals surface area contributed by atoms with E-state index in [1.807, 2.05) is 19.1 Å². The first-order chi connectivity index (χ1) is 15.3. The molecule has 1 aliphatic carbocycles. The lowest BCUT2D eigenvalue weighted by Crippen LogP contribution is -2.43. The molecule has 1 aliphatic rings. The number of aromatic nitrogens is 3. The predicted molar refractivity (Wildman–Crippen MR) is 116 cm³/mol. The van der Waals surface area contributed by atoms with Crippen molar-refractivity contribution < 1.29 is 22.3 Å². The Labute approximate surface area is 186 Å². The summed E-state index contributed by atoms with van der Waals surface area (Å²) in [5, 5.41) is 3.64. The number of sulfone groups is 1. The second kappa shape index (κ2) is 8.82. The molecule has 0 N–H and O–H groups in total. The normalized spacial score (nSPS) is 18.2. The van der Waals surface area contributed by atoms with E-state index >= 15 is 0 Å². The van der Waals surface area contributed by atoms with Gasteiger partial charge in [-0.15, -0.1) is 5.10 Å². The number of Topliss-reactive ketones (excluding diaryl/α,β-unsaturated/α-hetero) is 1. The maximum absolute atomic E-state index is 13.2.